The molecule has 0 aliphatic rings. The van der Waals surface area contributed by atoms with E-state index < -0.39 is 0 Å². The molecule has 0 atom stereocenters. The SMILES string of the molecule is c1ccc(-c2ccc(-c3ccc(N(c4ccc(-c5ccccc5)cc4)c4ccc5c(c4)oc4cc6c(cc45)oc4c(-c5ccccc5)cccc46)cc3)cc2)cc1. The van der Waals surface area contributed by atoms with E-state index in [1.54, 1.807) is 0 Å². The summed E-state index contributed by atoms with van der Waals surface area (Å²) in [6.45, 7) is 0. The van der Waals surface area contributed by atoms with Crippen molar-refractivity contribution in [1.82, 2.24) is 0 Å². The summed E-state index contributed by atoms with van der Waals surface area (Å²) in [4.78, 5) is 2.30. The maximum atomic E-state index is 6.68. The average Bonchev–Trinajstić information content (AvgIpc) is 3.84. The van der Waals surface area contributed by atoms with E-state index in [1.807, 2.05) is 6.07 Å². The number of fused-ring (bicyclic) bond motifs is 6. The van der Waals surface area contributed by atoms with Gasteiger partial charge in [0.1, 0.15) is 22.3 Å². The number of anilines is 3. The Morgan fingerprint density at radius 2 is 0.684 bits per heavy atom. The van der Waals surface area contributed by atoms with Gasteiger partial charge in [0.05, 0.1) is 0 Å². The molecule has 2 heterocycles. The van der Waals surface area contributed by atoms with Crippen molar-refractivity contribution in [3.8, 4) is 44.5 Å². The Bertz CT molecular complexity index is 3180. The highest BCUT2D eigenvalue weighted by Gasteiger charge is 2.19. The van der Waals surface area contributed by atoms with Gasteiger partial charge in [0.25, 0.3) is 0 Å². The largest absolute Gasteiger partial charge is 0.456 e. The molecule has 57 heavy (non-hydrogen) atoms. The monoisotopic (exact) mass is 729 g/mol. The Hall–Kier alpha value is -7.62. The van der Waals surface area contributed by atoms with E-state index in [0.717, 1.165) is 72.1 Å². The number of hydrogen-bond donors (Lipinski definition) is 0. The molecule has 0 fully saturated rings. The zero-order valence-corrected chi connectivity index (χ0v) is 31.0. The van der Waals surface area contributed by atoms with Crippen LogP contribution in [0.2, 0.25) is 0 Å². The zero-order chi connectivity index (χ0) is 37.7. The molecule has 0 bridgehead atoms. The first-order chi connectivity index (χ1) is 28.2. The number of furan rings is 2. The summed E-state index contributed by atoms with van der Waals surface area (Å²) in [6.07, 6.45) is 0. The molecule has 0 aliphatic carbocycles. The third-order valence-electron chi connectivity index (χ3n) is 11.1. The Morgan fingerprint density at radius 3 is 1.23 bits per heavy atom. The van der Waals surface area contributed by atoms with Crippen LogP contribution in [-0.4, -0.2) is 0 Å². The lowest BCUT2D eigenvalue weighted by atomic mass is 10.00. The summed E-state index contributed by atoms with van der Waals surface area (Å²) >= 11 is 0. The molecule has 0 unspecified atom stereocenters. The van der Waals surface area contributed by atoms with E-state index in [-0.39, 0.29) is 0 Å². The van der Waals surface area contributed by atoms with E-state index in [1.165, 1.54) is 33.4 Å². The van der Waals surface area contributed by atoms with Crippen LogP contribution in [0.3, 0.4) is 0 Å². The number of nitrogens with zero attached hydrogens (tertiary/aromatic N) is 1. The molecule has 3 heteroatoms. The predicted octanol–water partition coefficient (Wildman–Crippen LogP) is 15.6. The highest BCUT2D eigenvalue weighted by Crippen LogP contribution is 2.43. The molecule has 11 rings (SSSR count). The minimum absolute atomic E-state index is 0.825. The normalized spacial score (nSPS) is 11.5. The first-order valence-electron chi connectivity index (χ1n) is 19.3. The molecule has 0 spiro atoms. The summed E-state index contributed by atoms with van der Waals surface area (Å²) in [7, 11) is 0. The smallest absolute Gasteiger partial charge is 0.143 e. The van der Waals surface area contributed by atoms with Crippen molar-refractivity contribution in [3.63, 3.8) is 0 Å². The molecule has 3 nitrogen and oxygen atoms in total. The fraction of sp³-hybridized carbons (Fsp3) is 0. The lowest BCUT2D eigenvalue weighted by molar-refractivity contribution is 0.664. The molecule has 2 aromatic heterocycles. The van der Waals surface area contributed by atoms with Gasteiger partial charge in [-0.3, -0.25) is 0 Å². The van der Waals surface area contributed by atoms with Crippen LogP contribution in [0.4, 0.5) is 17.1 Å². The summed E-state index contributed by atoms with van der Waals surface area (Å²) in [5, 5.41) is 4.21. The first-order valence-corrected chi connectivity index (χ1v) is 19.3. The van der Waals surface area contributed by atoms with Crippen molar-refractivity contribution in [2.45, 2.75) is 0 Å². The number of para-hydroxylation sites is 1. The Labute approximate surface area is 330 Å². The van der Waals surface area contributed by atoms with Crippen LogP contribution < -0.4 is 4.90 Å². The van der Waals surface area contributed by atoms with Crippen molar-refractivity contribution < 1.29 is 8.83 Å². The average molecular weight is 730 g/mol. The van der Waals surface area contributed by atoms with Gasteiger partial charge in [0, 0.05) is 50.2 Å². The van der Waals surface area contributed by atoms with Crippen molar-refractivity contribution in [2.75, 3.05) is 4.90 Å². The number of benzene rings is 9. The van der Waals surface area contributed by atoms with Crippen LogP contribution in [0.1, 0.15) is 0 Å². The van der Waals surface area contributed by atoms with Gasteiger partial charge in [-0.1, -0.05) is 158 Å². The molecule has 0 saturated carbocycles. The minimum atomic E-state index is 0.825. The van der Waals surface area contributed by atoms with Gasteiger partial charge in [-0.05, 0) is 87.5 Å². The zero-order valence-electron chi connectivity index (χ0n) is 31.0. The maximum Gasteiger partial charge on any atom is 0.143 e. The van der Waals surface area contributed by atoms with Crippen LogP contribution in [0, 0.1) is 0 Å². The summed E-state index contributed by atoms with van der Waals surface area (Å²) < 4.78 is 13.3. The number of hydrogen-bond acceptors (Lipinski definition) is 3. The summed E-state index contributed by atoms with van der Waals surface area (Å²) in [6, 6.07) is 75.0. The quantitative estimate of drug-likeness (QED) is 0.164. The summed E-state index contributed by atoms with van der Waals surface area (Å²) in [5.41, 5.74) is 15.9. The Kier molecular flexibility index (Phi) is 7.82. The minimum Gasteiger partial charge on any atom is -0.456 e. The first kappa shape index (κ1) is 32.8. The van der Waals surface area contributed by atoms with E-state index in [9.17, 15) is 0 Å². The standard InChI is InChI=1S/C54H35NO2/c1-4-11-36(12-5-1)38-19-21-39(22-20-38)41-25-29-44(30-26-41)55(43-27-23-40(24-28-43)37-13-6-2-7-14-37)45-31-32-47-49-34-53-50(35-52(49)56-51(47)33-45)48-18-10-17-46(54(48)57-53)42-15-8-3-9-16-42/h1-35H. The third kappa shape index (κ3) is 5.85. The van der Waals surface area contributed by atoms with Gasteiger partial charge in [-0.15, -0.1) is 0 Å². The van der Waals surface area contributed by atoms with Crippen molar-refractivity contribution in [2.24, 2.45) is 0 Å². The highest BCUT2D eigenvalue weighted by atomic mass is 16.3. The van der Waals surface area contributed by atoms with Crippen molar-refractivity contribution >= 4 is 60.9 Å². The summed E-state index contributed by atoms with van der Waals surface area (Å²) in [5.74, 6) is 0. The predicted molar refractivity (Wildman–Crippen MR) is 237 cm³/mol. The number of rotatable bonds is 7. The van der Waals surface area contributed by atoms with Crippen molar-refractivity contribution in [3.05, 3.63) is 212 Å². The Balaban J connectivity index is 0.989. The van der Waals surface area contributed by atoms with E-state index in [2.05, 4.69) is 211 Å². The molecule has 9 aromatic carbocycles. The second kappa shape index (κ2) is 13.6. The molecule has 0 N–H and O–H groups in total. The van der Waals surface area contributed by atoms with E-state index in [4.69, 9.17) is 8.83 Å². The van der Waals surface area contributed by atoms with Gasteiger partial charge in [-0.25, -0.2) is 0 Å². The molecule has 0 radical (unpaired) electrons. The van der Waals surface area contributed by atoms with Crippen LogP contribution in [0.5, 0.6) is 0 Å². The van der Waals surface area contributed by atoms with Crippen LogP contribution in [0.15, 0.2) is 221 Å². The fourth-order valence-electron chi connectivity index (χ4n) is 8.21. The molecule has 11 aromatic rings. The molecule has 0 amide bonds. The van der Waals surface area contributed by atoms with Gasteiger partial charge in [-0.2, -0.15) is 0 Å². The van der Waals surface area contributed by atoms with Gasteiger partial charge in [0.2, 0.25) is 0 Å². The lowest BCUT2D eigenvalue weighted by Gasteiger charge is -2.26. The van der Waals surface area contributed by atoms with E-state index >= 15 is 0 Å². The molecule has 0 saturated heterocycles. The van der Waals surface area contributed by atoms with Crippen molar-refractivity contribution in [1.29, 1.82) is 0 Å². The highest BCUT2D eigenvalue weighted by molar-refractivity contribution is 6.16. The lowest BCUT2D eigenvalue weighted by Crippen LogP contribution is -2.09. The van der Waals surface area contributed by atoms with Crippen LogP contribution in [-0.2, 0) is 0 Å². The van der Waals surface area contributed by atoms with Gasteiger partial charge < -0.3 is 13.7 Å². The molecular weight excluding hydrogens is 695 g/mol. The van der Waals surface area contributed by atoms with Gasteiger partial charge in [0.15, 0.2) is 0 Å². The van der Waals surface area contributed by atoms with E-state index in [0.29, 0.717) is 0 Å². The second-order valence-electron chi connectivity index (χ2n) is 14.5. The second-order valence-corrected chi connectivity index (χ2v) is 14.5. The molecule has 0 aliphatic heterocycles. The molecular formula is C54H35NO2. The van der Waals surface area contributed by atoms with Gasteiger partial charge >= 0.3 is 0 Å². The Morgan fingerprint density at radius 1 is 0.263 bits per heavy atom. The fourth-order valence-corrected chi connectivity index (χ4v) is 8.21. The van der Waals surface area contributed by atoms with Crippen LogP contribution >= 0.6 is 0 Å². The van der Waals surface area contributed by atoms with Crippen LogP contribution in [0.25, 0.3) is 88.4 Å². The molecule has 268 valence electrons. The third-order valence-corrected chi connectivity index (χ3v) is 11.1. The topological polar surface area (TPSA) is 29.5 Å². The maximum absolute atomic E-state index is 6.68.